The second-order valence-corrected chi connectivity index (χ2v) is 9.02. The minimum atomic E-state index is -3.55. The zero-order valence-electron chi connectivity index (χ0n) is 14.9. The van der Waals surface area contributed by atoms with Crippen molar-refractivity contribution in [2.24, 2.45) is 0 Å². The van der Waals surface area contributed by atoms with Crippen LogP contribution in [0.1, 0.15) is 24.2 Å². The van der Waals surface area contributed by atoms with Gasteiger partial charge in [-0.15, -0.1) is 0 Å². The summed E-state index contributed by atoms with van der Waals surface area (Å²) in [5.41, 5.74) is 0.439. The number of carbonyl (C=O) groups excluding carboxylic acids is 1. The van der Waals surface area contributed by atoms with Gasteiger partial charge >= 0.3 is 0 Å². The van der Waals surface area contributed by atoms with Gasteiger partial charge in [0.1, 0.15) is 4.64 Å². The molecular formula is C16H24N4O4S2. The molecule has 2 atom stereocenters. The third kappa shape index (κ3) is 3.99. The van der Waals surface area contributed by atoms with Gasteiger partial charge in [0.25, 0.3) is 16.1 Å². The number of aromatic amines is 1. The largest absolute Gasteiger partial charge is 0.373 e. The van der Waals surface area contributed by atoms with E-state index < -0.39 is 10.2 Å². The normalized spacial score (nSPS) is 26.0. The van der Waals surface area contributed by atoms with Crippen LogP contribution in [-0.2, 0) is 14.9 Å². The van der Waals surface area contributed by atoms with Crippen LogP contribution in [0.5, 0.6) is 0 Å². The third-order valence-corrected chi connectivity index (χ3v) is 6.92. The predicted molar refractivity (Wildman–Crippen MR) is 99.6 cm³/mol. The maximum Gasteiger partial charge on any atom is 0.282 e. The summed E-state index contributed by atoms with van der Waals surface area (Å²) in [4.78, 5) is 17.1. The molecule has 26 heavy (non-hydrogen) atoms. The van der Waals surface area contributed by atoms with Crippen LogP contribution < -0.4 is 0 Å². The van der Waals surface area contributed by atoms with Crippen LogP contribution in [0, 0.1) is 4.64 Å². The first kappa shape index (κ1) is 19.4. The molecule has 2 aliphatic rings. The number of piperazine rings is 1. The summed E-state index contributed by atoms with van der Waals surface area (Å²) >= 11 is 5.16. The van der Waals surface area contributed by atoms with E-state index >= 15 is 0 Å². The van der Waals surface area contributed by atoms with Crippen molar-refractivity contribution in [3.63, 3.8) is 0 Å². The number of ether oxygens (including phenoxy) is 1. The van der Waals surface area contributed by atoms with Gasteiger partial charge in [-0.3, -0.25) is 4.79 Å². The number of hydrogen-bond acceptors (Lipinski definition) is 5. The molecule has 2 aliphatic heterocycles. The van der Waals surface area contributed by atoms with E-state index in [1.807, 2.05) is 13.8 Å². The number of rotatable bonds is 3. The van der Waals surface area contributed by atoms with E-state index in [1.54, 1.807) is 23.2 Å². The average molecular weight is 401 g/mol. The Morgan fingerprint density at radius 1 is 1.15 bits per heavy atom. The molecule has 3 rings (SSSR count). The lowest BCUT2D eigenvalue weighted by atomic mass is 10.2. The lowest BCUT2D eigenvalue weighted by Crippen LogP contribution is -2.57. The molecule has 0 spiro atoms. The number of aromatic nitrogens is 1. The van der Waals surface area contributed by atoms with Gasteiger partial charge in [0.05, 0.1) is 17.8 Å². The fraction of sp³-hybridized carbons (Fsp3) is 0.625. The SMILES string of the molecule is CC1CN(S(=O)(=O)N2CCN(C(=O)c3ccc[nH]c3=S)CC2)CC(C)O1. The third-order valence-electron chi connectivity index (χ3n) is 4.61. The smallest absolute Gasteiger partial charge is 0.282 e. The predicted octanol–water partition coefficient (Wildman–Crippen LogP) is 0.856. The summed E-state index contributed by atoms with van der Waals surface area (Å²) in [6.07, 6.45) is 1.42. The molecule has 0 aromatic carbocycles. The lowest BCUT2D eigenvalue weighted by molar-refractivity contribution is -0.0457. The van der Waals surface area contributed by atoms with Crippen molar-refractivity contribution < 1.29 is 17.9 Å². The Hall–Kier alpha value is -1.33. The van der Waals surface area contributed by atoms with Crippen molar-refractivity contribution >= 4 is 28.3 Å². The van der Waals surface area contributed by atoms with Crippen molar-refractivity contribution in [1.82, 2.24) is 18.5 Å². The summed E-state index contributed by atoms with van der Waals surface area (Å²) in [5, 5.41) is 0. The van der Waals surface area contributed by atoms with E-state index in [-0.39, 0.29) is 31.2 Å². The summed E-state index contributed by atoms with van der Waals surface area (Å²) in [6.45, 7) is 5.69. The Morgan fingerprint density at radius 2 is 1.77 bits per heavy atom. The molecule has 10 heteroatoms. The van der Waals surface area contributed by atoms with Gasteiger partial charge in [-0.1, -0.05) is 12.2 Å². The van der Waals surface area contributed by atoms with Gasteiger partial charge in [-0.05, 0) is 26.0 Å². The van der Waals surface area contributed by atoms with Gasteiger partial charge in [0.2, 0.25) is 0 Å². The van der Waals surface area contributed by atoms with Crippen LogP contribution in [0.15, 0.2) is 18.3 Å². The quantitative estimate of drug-likeness (QED) is 0.761. The first-order valence-electron chi connectivity index (χ1n) is 8.66. The van der Waals surface area contributed by atoms with Crippen LogP contribution in [0.2, 0.25) is 0 Å². The zero-order valence-corrected chi connectivity index (χ0v) is 16.6. The Balaban J connectivity index is 1.65. The molecule has 1 amide bonds. The van der Waals surface area contributed by atoms with Crippen LogP contribution in [0.25, 0.3) is 0 Å². The highest BCUT2D eigenvalue weighted by atomic mass is 32.2. The highest BCUT2D eigenvalue weighted by Gasteiger charge is 2.37. The summed E-state index contributed by atoms with van der Waals surface area (Å²) in [5.74, 6) is -0.169. The van der Waals surface area contributed by atoms with Crippen molar-refractivity contribution in [3.05, 3.63) is 28.5 Å². The monoisotopic (exact) mass is 400 g/mol. The van der Waals surface area contributed by atoms with E-state index in [1.165, 1.54) is 8.61 Å². The number of H-pyrrole nitrogens is 1. The second kappa shape index (κ2) is 7.73. The molecule has 0 bridgehead atoms. The lowest BCUT2D eigenvalue weighted by Gasteiger charge is -2.40. The maximum absolute atomic E-state index is 12.9. The van der Waals surface area contributed by atoms with E-state index in [4.69, 9.17) is 17.0 Å². The molecule has 0 radical (unpaired) electrons. The minimum Gasteiger partial charge on any atom is -0.373 e. The number of carbonyl (C=O) groups is 1. The van der Waals surface area contributed by atoms with Crippen molar-refractivity contribution in [2.45, 2.75) is 26.1 Å². The standard InChI is InChI=1S/C16H24N4O4S2/c1-12-10-20(11-13(2)24-12)26(22,23)19-8-6-18(7-9-19)16(21)14-4-3-5-17-15(14)25/h3-5,12-13H,6-11H2,1-2H3,(H,17,25). The Labute approximate surface area is 158 Å². The van der Waals surface area contributed by atoms with Crippen molar-refractivity contribution in [3.8, 4) is 0 Å². The molecular weight excluding hydrogens is 376 g/mol. The molecule has 3 heterocycles. The zero-order chi connectivity index (χ0) is 18.9. The number of nitrogens with one attached hydrogen (secondary N) is 1. The van der Waals surface area contributed by atoms with Crippen LogP contribution in [0.3, 0.4) is 0 Å². The van der Waals surface area contributed by atoms with Crippen molar-refractivity contribution in [1.29, 1.82) is 0 Å². The van der Waals surface area contributed by atoms with Gasteiger partial charge < -0.3 is 14.6 Å². The number of amides is 1. The number of hydrogen-bond donors (Lipinski definition) is 1. The molecule has 1 aromatic heterocycles. The van der Waals surface area contributed by atoms with E-state index in [9.17, 15) is 13.2 Å². The van der Waals surface area contributed by atoms with E-state index in [2.05, 4.69) is 4.98 Å². The Kier molecular flexibility index (Phi) is 5.78. The first-order chi connectivity index (χ1) is 12.3. The molecule has 2 fully saturated rings. The number of nitrogens with zero attached hydrogens (tertiary/aromatic N) is 3. The summed E-state index contributed by atoms with van der Waals surface area (Å²) in [6, 6.07) is 3.41. The summed E-state index contributed by atoms with van der Waals surface area (Å²) < 4.78 is 34.8. The summed E-state index contributed by atoms with van der Waals surface area (Å²) in [7, 11) is -3.55. The van der Waals surface area contributed by atoms with Crippen LogP contribution >= 0.6 is 12.2 Å². The van der Waals surface area contributed by atoms with Gasteiger partial charge in [0, 0.05) is 45.5 Å². The van der Waals surface area contributed by atoms with E-state index in [0.29, 0.717) is 36.4 Å². The average Bonchev–Trinajstić information content (AvgIpc) is 2.61. The van der Waals surface area contributed by atoms with Gasteiger partial charge in [-0.25, -0.2) is 0 Å². The molecule has 1 N–H and O–H groups in total. The van der Waals surface area contributed by atoms with E-state index in [0.717, 1.165) is 0 Å². The van der Waals surface area contributed by atoms with Crippen molar-refractivity contribution in [2.75, 3.05) is 39.3 Å². The van der Waals surface area contributed by atoms with Gasteiger partial charge in [0.15, 0.2) is 0 Å². The fourth-order valence-corrected chi connectivity index (χ4v) is 5.34. The highest BCUT2D eigenvalue weighted by molar-refractivity contribution is 7.86. The number of pyridine rings is 1. The Morgan fingerprint density at radius 3 is 2.35 bits per heavy atom. The highest BCUT2D eigenvalue weighted by Crippen LogP contribution is 2.19. The molecule has 2 unspecified atom stereocenters. The maximum atomic E-state index is 12.9. The molecule has 144 valence electrons. The molecule has 2 saturated heterocycles. The Bertz CT molecular complexity index is 808. The fourth-order valence-electron chi connectivity index (χ4n) is 3.36. The molecule has 0 saturated carbocycles. The van der Waals surface area contributed by atoms with Crippen LogP contribution in [-0.4, -0.2) is 84.3 Å². The van der Waals surface area contributed by atoms with Gasteiger partial charge in [-0.2, -0.15) is 17.0 Å². The molecule has 0 aliphatic carbocycles. The number of morpholine rings is 1. The van der Waals surface area contributed by atoms with Crippen LogP contribution in [0.4, 0.5) is 0 Å². The molecule has 1 aromatic rings. The second-order valence-electron chi connectivity index (χ2n) is 6.69. The minimum absolute atomic E-state index is 0.129. The topological polar surface area (TPSA) is 86.0 Å². The molecule has 8 nitrogen and oxygen atoms in total. The first-order valence-corrected chi connectivity index (χ1v) is 10.5.